The van der Waals surface area contributed by atoms with E-state index in [1.165, 1.54) is 17.3 Å². The number of rotatable bonds is 7. The molecular formula is C21H23N5O. The van der Waals surface area contributed by atoms with E-state index in [1.807, 2.05) is 12.1 Å². The first-order valence-corrected chi connectivity index (χ1v) is 9.08. The molecule has 6 nitrogen and oxygen atoms in total. The highest BCUT2D eigenvalue weighted by atomic mass is 16.1. The molecule has 0 radical (unpaired) electrons. The van der Waals surface area contributed by atoms with Crippen LogP contribution in [0.25, 0.3) is 0 Å². The standard InChI is InChI=1S/C21H23N5O/c1-3-16-8-5-9-17(4-2)20(16)26-19-14-23-18(13-24-19)21(27)25-12-15-7-6-10-22-11-15/h5-11,13-14H,3-4,12H2,1-2H3,(H,24,26)(H,25,27). The number of benzene rings is 1. The Hall–Kier alpha value is -3.28. The predicted molar refractivity (Wildman–Crippen MR) is 106 cm³/mol. The number of hydrogen-bond acceptors (Lipinski definition) is 5. The topological polar surface area (TPSA) is 79.8 Å². The summed E-state index contributed by atoms with van der Waals surface area (Å²) in [5, 5.41) is 6.17. The van der Waals surface area contributed by atoms with Crippen molar-refractivity contribution in [1.29, 1.82) is 0 Å². The highest BCUT2D eigenvalue weighted by molar-refractivity contribution is 5.92. The predicted octanol–water partition coefficient (Wildman–Crippen LogP) is 3.67. The zero-order valence-corrected chi connectivity index (χ0v) is 15.6. The first-order valence-electron chi connectivity index (χ1n) is 9.08. The summed E-state index contributed by atoms with van der Waals surface area (Å²) in [6.45, 7) is 4.65. The number of aryl methyl sites for hydroxylation is 2. The van der Waals surface area contributed by atoms with Gasteiger partial charge in [-0.25, -0.2) is 9.97 Å². The zero-order valence-electron chi connectivity index (χ0n) is 15.6. The van der Waals surface area contributed by atoms with Crippen LogP contribution >= 0.6 is 0 Å². The van der Waals surface area contributed by atoms with Gasteiger partial charge in [-0.3, -0.25) is 9.78 Å². The van der Waals surface area contributed by atoms with Crippen LogP contribution in [0.1, 0.15) is 41.0 Å². The van der Waals surface area contributed by atoms with Crippen molar-refractivity contribution < 1.29 is 4.79 Å². The van der Waals surface area contributed by atoms with Gasteiger partial charge in [0.1, 0.15) is 11.5 Å². The minimum Gasteiger partial charge on any atom is -0.347 e. The van der Waals surface area contributed by atoms with Crippen molar-refractivity contribution in [2.24, 2.45) is 0 Å². The van der Waals surface area contributed by atoms with Crippen molar-refractivity contribution in [1.82, 2.24) is 20.3 Å². The first kappa shape index (κ1) is 18.5. The summed E-state index contributed by atoms with van der Waals surface area (Å²) < 4.78 is 0. The Morgan fingerprint density at radius 3 is 2.33 bits per heavy atom. The number of para-hydroxylation sites is 1. The highest BCUT2D eigenvalue weighted by Gasteiger charge is 2.10. The summed E-state index contributed by atoms with van der Waals surface area (Å²) in [7, 11) is 0. The number of hydrogen-bond donors (Lipinski definition) is 2. The maximum Gasteiger partial charge on any atom is 0.271 e. The summed E-state index contributed by atoms with van der Waals surface area (Å²) in [6, 6.07) is 10.0. The van der Waals surface area contributed by atoms with Crippen molar-refractivity contribution in [3.8, 4) is 0 Å². The van der Waals surface area contributed by atoms with Gasteiger partial charge < -0.3 is 10.6 Å². The summed E-state index contributed by atoms with van der Waals surface area (Å²) >= 11 is 0. The third-order valence-electron chi connectivity index (χ3n) is 4.31. The van der Waals surface area contributed by atoms with E-state index in [0.29, 0.717) is 12.4 Å². The number of nitrogens with zero attached hydrogens (tertiary/aromatic N) is 3. The van der Waals surface area contributed by atoms with E-state index in [4.69, 9.17) is 0 Å². The molecular weight excluding hydrogens is 338 g/mol. The van der Waals surface area contributed by atoms with Gasteiger partial charge in [-0.15, -0.1) is 0 Å². The molecule has 0 saturated heterocycles. The van der Waals surface area contributed by atoms with Crippen LogP contribution in [0.4, 0.5) is 11.5 Å². The van der Waals surface area contributed by atoms with Crippen LogP contribution in [-0.2, 0) is 19.4 Å². The van der Waals surface area contributed by atoms with Crippen LogP contribution < -0.4 is 10.6 Å². The van der Waals surface area contributed by atoms with Crippen LogP contribution in [0.3, 0.4) is 0 Å². The van der Waals surface area contributed by atoms with E-state index in [9.17, 15) is 4.79 Å². The Labute approximate surface area is 159 Å². The number of carbonyl (C=O) groups is 1. The molecule has 2 aromatic heterocycles. The Bertz CT molecular complexity index is 872. The fourth-order valence-corrected chi connectivity index (χ4v) is 2.82. The number of amides is 1. The highest BCUT2D eigenvalue weighted by Crippen LogP contribution is 2.25. The second kappa shape index (κ2) is 8.89. The van der Waals surface area contributed by atoms with Gasteiger partial charge in [0.2, 0.25) is 0 Å². The summed E-state index contributed by atoms with van der Waals surface area (Å²) in [5.41, 5.74) is 4.75. The Kier molecular flexibility index (Phi) is 6.10. The van der Waals surface area contributed by atoms with E-state index in [-0.39, 0.29) is 11.6 Å². The minimum atomic E-state index is -0.263. The third kappa shape index (κ3) is 4.67. The van der Waals surface area contributed by atoms with Crippen molar-refractivity contribution >= 4 is 17.4 Å². The quantitative estimate of drug-likeness (QED) is 0.671. The van der Waals surface area contributed by atoms with E-state index >= 15 is 0 Å². The lowest BCUT2D eigenvalue weighted by Crippen LogP contribution is -2.24. The summed E-state index contributed by atoms with van der Waals surface area (Å²) in [6.07, 6.45) is 8.35. The lowest BCUT2D eigenvalue weighted by Gasteiger charge is -2.14. The van der Waals surface area contributed by atoms with Gasteiger partial charge >= 0.3 is 0 Å². The van der Waals surface area contributed by atoms with Crippen molar-refractivity contribution in [2.75, 3.05) is 5.32 Å². The molecule has 0 fully saturated rings. The average molecular weight is 361 g/mol. The number of pyridine rings is 1. The van der Waals surface area contributed by atoms with Crippen LogP contribution in [-0.4, -0.2) is 20.9 Å². The van der Waals surface area contributed by atoms with Gasteiger partial charge in [0, 0.05) is 24.6 Å². The molecule has 27 heavy (non-hydrogen) atoms. The Balaban J connectivity index is 1.68. The van der Waals surface area contributed by atoms with Crippen LogP contribution in [0, 0.1) is 0 Å². The van der Waals surface area contributed by atoms with E-state index < -0.39 is 0 Å². The van der Waals surface area contributed by atoms with E-state index in [2.05, 4.69) is 57.6 Å². The fraction of sp³-hybridized carbons (Fsp3) is 0.238. The molecule has 0 spiro atoms. The molecule has 3 aromatic rings. The normalized spacial score (nSPS) is 10.4. The third-order valence-corrected chi connectivity index (χ3v) is 4.31. The molecule has 0 saturated carbocycles. The molecule has 1 aromatic carbocycles. The summed E-state index contributed by atoms with van der Waals surface area (Å²) in [4.78, 5) is 24.9. The summed E-state index contributed by atoms with van der Waals surface area (Å²) in [5.74, 6) is 0.357. The molecule has 0 aliphatic carbocycles. The number of nitrogens with one attached hydrogen (secondary N) is 2. The lowest BCUT2D eigenvalue weighted by atomic mass is 10.0. The smallest absolute Gasteiger partial charge is 0.271 e. The fourth-order valence-electron chi connectivity index (χ4n) is 2.82. The second-order valence-corrected chi connectivity index (χ2v) is 6.11. The molecule has 138 valence electrons. The monoisotopic (exact) mass is 361 g/mol. The first-order chi connectivity index (χ1) is 13.2. The van der Waals surface area contributed by atoms with E-state index in [0.717, 1.165) is 24.1 Å². The molecule has 1 amide bonds. The van der Waals surface area contributed by atoms with Gasteiger partial charge in [0.25, 0.3) is 5.91 Å². The average Bonchev–Trinajstić information content (AvgIpc) is 2.73. The minimum absolute atomic E-state index is 0.263. The van der Waals surface area contributed by atoms with E-state index in [1.54, 1.807) is 18.6 Å². The van der Waals surface area contributed by atoms with Crippen LogP contribution in [0.5, 0.6) is 0 Å². The Morgan fingerprint density at radius 2 is 1.74 bits per heavy atom. The second-order valence-electron chi connectivity index (χ2n) is 6.11. The van der Waals surface area contributed by atoms with Gasteiger partial charge in [-0.1, -0.05) is 38.1 Å². The maximum atomic E-state index is 12.2. The van der Waals surface area contributed by atoms with Crippen molar-refractivity contribution in [2.45, 2.75) is 33.2 Å². The van der Waals surface area contributed by atoms with Gasteiger partial charge in [0.05, 0.1) is 12.4 Å². The Morgan fingerprint density at radius 1 is 0.963 bits per heavy atom. The molecule has 0 aliphatic heterocycles. The molecule has 2 heterocycles. The van der Waals surface area contributed by atoms with Gasteiger partial charge in [-0.2, -0.15) is 0 Å². The van der Waals surface area contributed by atoms with Gasteiger partial charge in [0.15, 0.2) is 0 Å². The van der Waals surface area contributed by atoms with Crippen LogP contribution in [0.2, 0.25) is 0 Å². The number of carbonyl (C=O) groups excluding carboxylic acids is 1. The largest absolute Gasteiger partial charge is 0.347 e. The zero-order chi connectivity index (χ0) is 19.1. The SMILES string of the molecule is CCc1cccc(CC)c1Nc1cnc(C(=O)NCc2cccnc2)cn1. The van der Waals surface area contributed by atoms with Crippen molar-refractivity contribution in [3.05, 3.63) is 77.5 Å². The van der Waals surface area contributed by atoms with Crippen molar-refractivity contribution in [3.63, 3.8) is 0 Å². The molecule has 0 aliphatic rings. The number of aromatic nitrogens is 3. The molecule has 0 bridgehead atoms. The molecule has 6 heteroatoms. The lowest BCUT2D eigenvalue weighted by molar-refractivity contribution is 0.0945. The molecule has 0 unspecified atom stereocenters. The van der Waals surface area contributed by atoms with Gasteiger partial charge in [-0.05, 0) is 35.6 Å². The van der Waals surface area contributed by atoms with Crippen LogP contribution in [0.15, 0.2) is 55.1 Å². The molecule has 3 rings (SSSR count). The molecule has 0 atom stereocenters. The maximum absolute atomic E-state index is 12.2. The number of anilines is 2. The molecule has 2 N–H and O–H groups in total.